The Hall–Kier alpha value is -0.120. The first-order valence-corrected chi connectivity index (χ1v) is 6.54. The molecule has 0 bridgehead atoms. The van der Waals surface area contributed by atoms with Gasteiger partial charge in [-0.1, -0.05) is 13.8 Å². The summed E-state index contributed by atoms with van der Waals surface area (Å²) in [5.41, 5.74) is 6.68. The van der Waals surface area contributed by atoms with Crippen molar-refractivity contribution in [2.24, 2.45) is 17.1 Å². The zero-order valence-electron chi connectivity index (χ0n) is 10.9. The van der Waals surface area contributed by atoms with Gasteiger partial charge in [0.1, 0.15) is 0 Å². The Labute approximate surface area is 99.3 Å². The lowest BCUT2D eigenvalue weighted by Crippen LogP contribution is -2.44. The molecule has 3 nitrogen and oxygen atoms in total. The second kappa shape index (κ2) is 4.63. The second-order valence-corrected chi connectivity index (χ2v) is 6.27. The normalized spacial score (nSPS) is 38.4. The van der Waals surface area contributed by atoms with Crippen LogP contribution in [0.2, 0.25) is 0 Å². The summed E-state index contributed by atoms with van der Waals surface area (Å²) in [5, 5.41) is 0. The molecule has 0 aromatic heterocycles. The fourth-order valence-electron chi connectivity index (χ4n) is 3.14. The van der Waals surface area contributed by atoms with E-state index < -0.39 is 0 Å². The minimum atomic E-state index is 0.331. The molecule has 2 N–H and O–H groups in total. The van der Waals surface area contributed by atoms with Gasteiger partial charge in [-0.3, -0.25) is 0 Å². The van der Waals surface area contributed by atoms with Gasteiger partial charge in [-0.25, -0.2) is 0 Å². The molecular weight excluding hydrogens is 200 g/mol. The first kappa shape index (κ1) is 12.3. The molecule has 0 aromatic rings. The zero-order chi connectivity index (χ0) is 11.8. The van der Waals surface area contributed by atoms with Crippen LogP contribution >= 0.6 is 0 Å². The zero-order valence-corrected chi connectivity index (χ0v) is 10.9. The van der Waals surface area contributed by atoms with Crippen molar-refractivity contribution in [3.05, 3.63) is 0 Å². The number of hydrogen-bond donors (Lipinski definition) is 1. The van der Waals surface area contributed by atoms with Gasteiger partial charge in [-0.2, -0.15) is 0 Å². The Morgan fingerprint density at radius 3 is 2.62 bits per heavy atom. The Morgan fingerprint density at radius 2 is 2.12 bits per heavy atom. The summed E-state index contributed by atoms with van der Waals surface area (Å²) in [6.45, 7) is 7.57. The van der Waals surface area contributed by atoms with Crippen molar-refractivity contribution in [2.45, 2.75) is 45.2 Å². The van der Waals surface area contributed by atoms with Crippen molar-refractivity contribution in [1.82, 2.24) is 4.90 Å². The molecule has 1 heterocycles. The van der Waals surface area contributed by atoms with E-state index in [-0.39, 0.29) is 0 Å². The standard InChI is InChI=1S/C13H26N2O/c1-13(2)6-4-10(12(13)14)8-15(3)11-5-7-16-9-11/h10-12H,4-9,14H2,1-3H3. The van der Waals surface area contributed by atoms with E-state index in [9.17, 15) is 0 Å². The van der Waals surface area contributed by atoms with Crippen LogP contribution < -0.4 is 5.73 Å². The van der Waals surface area contributed by atoms with Gasteiger partial charge in [-0.15, -0.1) is 0 Å². The molecule has 0 spiro atoms. The van der Waals surface area contributed by atoms with Crippen molar-refractivity contribution in [3.8, 4) is 0 Å². The smallest absolute Gasteiger partial charge is 0.0622 e. The molecule has 3 unspecified atom stereocenters. The van der Waals surface area contributed by atoms with Gasteiger partial charge < -0.3 is 15.4 Å². The average Bonchev–Trinajstić information content (AvgIpc) is 2.82. The van der Waals surface area contributed by atoms with Gasteiger partial charge in [0.15, 0.2) is 0 Å². The van der Waals surface area contributed by atoms with E-state index in [2.05, 4.69) is 25.8 Å². The number of likely N-dealkylation sites (N-methyl/N-ethyl adjacent to an activating group) is 1. The number of nitrogens with zero attached hydrogens (tertiary/aromatic N) is 1. The molecule has 2 rings (SSSR count). The maximum atomic E-state index is 6.35. The van der Waals surface area contributed by atoms with Gasteiger partial charge in [-0.05, 0) is 37.6 Å². The van der Waals surface area contributed by atoms with Crippen LogP contribution in [0.15, 0.2) is 0 Å². The van der Waals surface area contributed by atoms with Gasteiger partial charge in [0.2, 0.25) is 0 Å². The van der Waals surface area contributed by atoms with Crippen LogP contribution in [0.25, 0.3) is 0 Å². The fraction of sp³-hybridized carbons (Fsp3) is 1.00. The largest absolute Gasteiger partial charge is 0.380 e. The molecule has 1 saturated carbocycles. The summed E-state index contributed by atoms with van der Waals surface area (Å²) in [7, 11) is 2.22. The third-order valence-electron chi connectivity index (χ3n) is 4.62. The number of hydrogen-bond acceptors (Lipinski definition) is 3. The van der Waals surface area contributed by atoms with Crippen LogP contribution in [0.1, 0.15) is 33.1 Å². The first-order valence-electron chi connectivity index (χ1n) is 6.54. The Balaban J connectivity index is 1.85. The fourth-order valence-corrected chi connectivity index (χ4v) is 3.14. The number of rotatable bonds is 3. The monoisotopic (exact) mass is 226 g/mol. The van der Waals surface area contributed by atoms with Gasteiger partial charge in [0, 0.05) is 25.2 Å². The number of ether oxygens (including phenoxy) is 1. The van der Waals surface area contributed by atoms with Crippen molar-refractivity contribution >= 4 is 0 Å². The van der Waals surface area contributed by atoms with Crippen LogP contribution in [0.4, 0.5) is 0 Å². The minimum Gasteiger partial charge on any atom is -0.380 e. The van der Waals surface area contributed by atoms with Crippen molar-refractivity contribution in [3.63, 3.8) is 0 Å². The molecule has 2 aliphatic rings. The van der Waals surface area contributed by atoms with E-state index in [0.717, 1.165) is 19.8 Å². The topological polar surface area (TPSA) is 38.5 Å². The molecule has 3 atom stereocenters. The molecule has 1 saturated heterocycles. The predicted octanol–water partition coefficient (Wildman–Crippen LogP) is 1.47. The molecule has 1 aliphatic heterocycles. The highest BCUT2D eigenvalue weighted by molar-refractivity contribution is 4.95. The second-order valence-electron chi connectivity index (χ2n) is 6.27. The van der Waals surface area contributed by atoms with Gasteiger partial charge >= 0.3 is 0 Å². The Kier molecular flexibility index (Phi) is 3.57. The van der Waals surface area contributed by atoms with E-state index in [1.54, 1.807) is 0 Å². The maximum Gasteiger partial charge on any atom is 0.0622 e. The SMILES string of the molecule is CN(CC1CCC(C)(C)C1N)C1CCOC1. The molecule has 94 valence electrons. The predicted molar refractivity (Wildman–Crippen MR) is 66.3 cm³/mol. The molecular formula is C13H26N2O. The van der Waals surface area contributed by atoms with Crippen molar-refractivity contribution in [2.75, 3.05) is 26.8 Å². The summed E-state index contributed by atoms with van der Waals surface area (Å²) in [6, 6.07) is 0.980. The summed E-state index contributed by atoms with van der Waals surface area (Å²) < 4.78 is 5.44. The van der Waals surface area contributed by atoms with Gasteiger partial charge in [0.25, 0.3) is 0 Å². The first-order chi connectivity index (χ1) is 7.50. The summed E-state index contributed by atoms with van der Waals surface area (Å²) >= 11 is 0. The van der Waals surface area contributed by atoms with Gasteiger partial charge in [0.05, 0.1) is 6.61 Å². The highest BCUT2D eigenvalue weighted by Crippen LogP contribution is 2.40. The molecule has 0 amide bonds. The summed E-state index contributed by atoms with van der Waals surface area (Å²) in [6.07, 6.45) is 3.74. The molecule has 0 aromatic carbocycles. The van der Waals surface area contributed by atoms with Crippen LogP contribution in [0.5, 0.6) is 0 Å². The lowest BCUT2D eigenvalue weighted by Gasteiger charge is -2.31. The number of nitrogens with two attached hydrogens (primary N) is 1. The molecule has 16 heavy (non-hydrogen) atoms. The van der Waals surface area contributed by atoms with Crippen LogP contribution in [-0.4, -0.2) is 43.8 Å². The lowest BCUT2D eigenvalue weighted by molar-refractivity contribution is 0.143. The molecule has 1 aliphatic carbocycles. The van der Waals surface area contributed by atoms with E-state index in [0.29, 0.717) is 23.4 Å². The van der Waals surface area contributed by atoms with E-state index in [4.69, 9.17) is 10.5 Å². The minimum absolute atomic E-state index is 0.331. The third-order valence-corrected chi connectivity index (χ3v) is 4.62. The van der Waals surface area contributed by atoms with Crippen molar-refractivity contribution in [1.29, 1.82) is 0 Å². The van der Waals surface area contributed by atoms with E-state index in [1.165, 1.54) is 19.3 Å². The maximum absolute atomic E-state index is 6.35. The average molecular weight is 226 g/mol. The summed E-state index contributed by atoms with van der Waals surface area (Å²) in [4.78, 5) is 2.46. The highest BCUT2D eigenvalue weighted by Gasteiger charge is 2.40. The van der Waals surface area contributed by atoms with Crippen LogP contribution in [0.3, 0.4) is 0 Å². The Bertz CT molecular complexity index is 236. The summed E-state index contributed by atoms with van der Waals surface area (Å²) in [5.74, 6) is 0.667. The van der Waals surface area contributed by atoms with Crippen LogP contribution in [0, 0.1) is 11.3 Å². The van der Waals surface area contributed by atoms with E-state index in [1.807, 2.05) is 0 Å². The third kappa shape index (κ3) is 2.41. The molecule has 3 heteroatoms. The molecule has 0 radical (unpaired) electrons. The van der Waals surface area contributed by atoms with Crippen LogP contribution in [-0.2, 0) is 4.74 Å². The quantitative estimate of drug-likeness (QED) is 0.792. The lowest BCUT2D eigenvalue weighted by atomic mass is 9.85. The Morgan fingerprint density at radius 1 is 1.38 bits per heavy atom. The highest BCUT2D eigenvalue weighted by atomic mass is 16.5. The van der Waals surface area contributed by atoms with Crippen molar-refractivity contribution < 1.29 is 4.74 Å². The van der Waals surface area contributed by atoms with E-state index >= 15 is 0 Å². The molecule has 2 fully saturated rings.